The summed E-state index contributed by atoms with van der Waals surface area (Å²) in [5.41, 5.74) is 6.21. The summed E-state index contributed by atoms with van der Waals surface area (Å²) in [5, 5.41) is 0. The molecule has 10 aliphatic rings. The molecular weight excluding hydrogens is 943 g/mol. The van der Waals surface area contributed by atoms with Gasteiger partial charge in [0.05, 0.1) is 0 Å². The lowest BCUT2D eigenvalue weighted by atomic mass is 10.1. The molecule has 10 heterocycles. The molecule has 6 aromatic rings. The minimum absolute atomic E-state index is 0.264. The van der Waals surface area contributed by atoms with Gasteiger partial charge in [0.15, 0.2) is 52.5 Å². The maximum absolute atomic E-state index is 5.06. The fraction of sp³-hybridized carbons (Fsp3) is 0. The summed E-state index contributed by atoms with van der Waals surface area (Å²) in [6.07, 6.45) is 0. The third kappa shape index (κ3) is 6.65. The highest BCUT2D eigenvalue weighted by atomic mass is 15.5. The number of aliphatic imine (C=N–C) groups is 18. The zero-order valence-corrected chi connectivity index (χ0v) is 38.5. The van der Waals surface area contributed by atoms with E-state index in [1.807, 2.05) is 164 Å². The van der Waals surface area contributed by atoms with E-state index >= 15 is 0 Å². The highest BCUT2D eigenvalue weighted by molar-refractivity contribution is 6.38. The second kappa shape index (κ2) is 15.6. The summed E-state index contributed by atoms with van der Waals surface area (Å²) in [7, 11) is 0. The van der Waals surface area contributed by atoms with E-state index in [0.29, 0.717) is 122 Å². The van der Waals surface area contributed by atoms with Crippen LogP contribution in [-0.2, 0) is 0 Å². The molecule has 21 heteroatoms. The van der Waals surface area contributed by atoms with Crippen molar-refractivity contribution in [1.29, 1.82) is 0 Å². The van der Waals surface area contributed by atoms with Crippen LogP contribution in [0.2, 0.25) is 0 Å². The number of benzene rings is 6. The van der Waals surface area contributed by atoms with Crippen LogP contribution >= 0.6 is 0 Å². The fourth-order valence-corrected chi connectivity index (χ4v) is 9.18. The number of guanidine groups is 9. The Morgan fingerprint density at radius 3 is 0.507 bits per heavy atom. The molecule has 0 unspecified atom stereocenters. The molecule has 6 aromatic carbocycles. The molecule has 15 bridgehead atoms. The van der Waals surface area contributed by atoms with Crippen LogP contribution in [0.3, 0.4) is 0 Å². The van der Waals surface area contributed by atoms with Gasteiger partial charge in [0.1, 0.15) is 0 Å². The molecule has 0 fully saturated rings. The Kier molecular flexibility index (Phi) is 8.45. The zero-order chi connectivity index (χ0) is 49.1. The average molecular weight is 970 g/mol. The van der Waals surface area contributed by atoms with E-state index in [2.05, 4.69) is 0 Å². The molecule has 0 aliphatic carbocycles. The molecule has 0 radical (unpaired) electrons. The lowest BCUT2D eigenvalue weighted by molar-refractivity contribution is 0.828. The molecule has 0 spiro atoms. The van der Waals surface area contributed by atoms with Crippen LogP contribution < -0.4 is 0 Å². The van der Waals surface area contributed by atoms with Crippen molar-refractivity contribution in [1.82, 2.24) is 14.7 Å². The van der Waals surface area contributed by atoms with E-state index in [1.54, 1.807) is 14.7 Å². The number of amidine groups is 9. The monoisotopic (exact) mass is 969 g/mol. The van der Waals surface area contributed by atoms with Gasteiger partial charge < -0.3 is 0 Å². The van der Waals surface area contributed by atoms with Gasteiger partial charge in [-0.3, -0.25) is 0 Å². The Morgan fingerprint density at radius 1 is 0.160 bits per heavy atom. The molecule has 75 heavy (non-hydrogen) atoms. The van der Waals surface area contributed by atoms with E-state index in [-0.39, 0.29) is 17.9 Å². The minimum Gasteiger partial charge on any atom is -0.213 e. The maximum Gasteiger partial charge on any atom is 0.243 e. The topological polar surface area (TPSA) is 232 Å². The summed E-state index contributed by atoms with van der Waals surface area (Å²) in [6.45, 7) is 0. The van der Waals surface area contributed by atoms with Crippen molar-refractivity contribution in [2.75, 3.05) is 0 Å². The first-order valence-electron chi connectivity index (χ1n) is 23.5. The van der Waals surface area contributed by atoms with Crippen LogP contribution in [0.1, 0.15) is 50.1 Å². The lowest BCUT2D eigenvalue weighted by Crippen LogP contribution is -2.48. The normalized spacial score (nSPS) is 19.0. The molecule has 0 atom stereocenters. The largest absolute Gasteiger partial charge is 0.243 e. The molecular formula is C54H27N21. The van der Waals surface area contributed by atoms with Crippen LogP contribution in [0.5, 0.6) is 0 Å². The second-order valence-corrected chi connectivity index (χ2v) is 17.5. The van der Waals surface area contributed by atoms with Crippen molar-refractivity contribution in [3.63, 3.8) is 0 Å². The number of hydrogen-bond donors (Lipinski definition) is 0. The van der Waals surface area contributed by atoms with E-state index in [9.17, 15) is 0 Å². The van der Waals surface area contributed by atoms with Gasteiger partial charge in [0.2, 0.25) is 53.6 Å². The van der Waals surface area contributed by atoms with E-state index in [0.717, 1.165) is 16.7 Å². The quantitative estimate of drug-likeness (QED) is 0.203. The first-order valence-corrected chi connectivity index (χ1v) is 23.5. The predicted molar refractivity (Wildman–Crippen MR) is 290 cm³/mol. The van der Waals surface area contributed by atoms with Gasteiger partial charge in [-0.1, -0.05) is 146 Å². The van der Waals surface area contributed by atoms with Crippen LogP contribution in [0.15, 0.2) is 254 Å². The van der Waals surface area contributed by atoms with Crippen molar-refractivity contribution in [2.24, 2.45) is 89.9 Å². The molecule has 21 nitrogen and oxygen atoms in total. The number of fused-ring (bicyclic) bond motifs is 15. The van der Waals surface area contributed by atoms with E-state index in [4.69, 9.17) is 89.9 Å². The van der Waals surface area contributed by atoms with Gasteiger partial charge in [0.25, 0.3) is 0 Å². The molecule has 0 N–H and O–H groups in total. The summed E-state index contributed by atoms with van der Waals surface area (Å²) in [4.78, 5) is 95.0. The third-order valence-corrected chi connectivity index (χ3v) is 12.7. The summed E-state index contributed by atoms with van der Waals surface area (Å²) in [5.74, 6) is 5.86. The van der Waals surface area contributed by atoms with Gasteiger partial charge in [-0.2, -0.15) is 89.9 Å². The predicted octanol–water partition coefficient (Wildman–Crippen LogP) is 6.15. The molecule has 16 rings (SSSR count). The van der Waals surface area contributed by atoms with Crippen LogP contribution in [0.4, 0.5) is 0 Å². The molecule has 0 amide bonds. The Hall–Kier alpha value is -11.2. The molecule has 0 aromatic heterocycles. The average Bonchev–Trinajstić information content (AvgIpc) is 3.49. The smallest absolute Gasteiger partial charge is 0.213 e. The first kappa shape index (κ1) is 40.5. The van der Waals surface area contributed by atoms with Gasteiger partial charge in [-0.15, -0.1) is 0 Å². The van der Waals surface area contributed by atoms with Crippen molar-refractivity contribution < 1.29 is 0 Å². The van der Waals surface area contributed by atoms with Gasteiger partial charge >= 0.3 is 0 Å². The highest BCUT2D eigenvalue weighted by Crippen LogP contribution is 2.29. The van der Waals surface area contributed by atoms with Crippen LogP contribution in [0.25, 0.3) is 0 Å². The summed E-state index contributed by atoms with van der Waals surface area (Å²) in [6, 6.07) is 51.9. The van der Waals surface area contributed by atoms with Crippen molar-refractivity contribution in [2.45, 2.75) is 0 Å². The zero-order valence-electron chi connectivity index (χ0n) is 38.5. The Bertz CT molecular complexity index is 3840. The summed E-state index contributed by atoms with van der Waals surface area (Å²) < 4.78 is 0. The number of rotatable bonds is 3. The van der Waals surface area contributed by atoms with Gasteiger partial charge in [-0.05, 0) is 18.2 Å². The Labute approximate surface area is 423 Å². The Balaban J connectivity index is 0.933. The standard InChI is InChI=1S/C54H27N21/c1-4-13-28(14-5-1)37-55-46-61-40-31-19-10-21-33(25-31)42-63-48-57-38(29-15-6-2-7-16-29)59-50-65-44(71-53(69-42)74(48)50)35-23-12-24-36(27-35)45-66-51-60-39(30-17-8-3-9-18-30)58-49-64-43(70-54(72-45)75(49)51)34-22-11-20-32(26-34)41-62-47(56-37)73(46)52(67-40)68-41/h1-27H. The van der Waals surface area contributed by atoms with Crippen molar-refractivity contribution in [3.8, 4) is 0 Å². The highest BCUT2D eigenvalue weighted by Gasteiger charge is 2.40. The van der Waals surface area contributed by atoms with E-state index < -0.39 is 0 Å². The van der Waals surface area contributed by atoms with Crippen molar-refractivity contribution >= 4 is 106 Å². The van der Waals surface area contributed by atoms with Crippen molar-refractivity contribution in [3.05, 3.63) is 214 Å². The minimum atomic E-state index is 0.264. The van der Waals surface area contributed by atoms with Gasteiger partial charge in [-0.25, -0.2) is 14.7 Å². The molecule has 10 aliphatic heterocycles. The van der Waals surface area contributed by atoms with Crippen LogP contribution in [0, 0.1) is 0 Å². The van der Waals surface area contributed by atoms with Crippen LogP contribution in [-0.4, -0.2) is 121 Å². The van der Waals surface area contributed by atoms with Gasteiger partial charge in [0, 0.05) is 50.1 Å². The number of hydrogen-bond acceptors (Lipinski definition) is 21. The molecule has 0 saturated heterocycles. The molecule has 0 saturated carbocycles. The summed E-state index contributed by atoms with van der Waals surface area (Å²) >= 11 is 0. The second-order valence-electron chi connectivity index (χ2n) is 17.5. The molecule has 348 valence electrons. The Morgan fingerprint density at radius 2 is 0.320 bits per heavy atom. The third-order valence-electron chi connectivity index (χ3n) is 12.7. The number of nitrogens with zero attached hydrogens (tertiary/aromatic N) is 21. The maximum atomic E-state index is 5.06. The first-order chi connectivity index (χ1) is 37.0. The van der Waals surface area contributed by atoms with E-state index in [1.165, 1.54) is 0 Å². The fourth-order valence-electron chi connectivity index (χ4n) is 9.18. The SMILES string of the molecule is c1ccc(C2=NC3=NC4=NC5=NC(=NC(=N2)N35)c2cccc(c2)C2=NC3=NC(c5ccccc5)=NC5=NC(=NC(=N2)N35)c2cccc(c2)C2=NC3=NC(=NC5=NC(c6ccccc6)=NC(=N2)N53)c2cccc4c2)cc1. The lowest BCUT2D eigenvalue weighted by Gasteiger charge is -2.31.